The van der Waals surface area contributed by atoms with E-state index in [0.29, 0.717) is 6.42 Å². The molecule has 4 nitrogen and oxygen atoms in total. The lowest BCUT2D eigenvalue weighted by Gasteiger charge is -2.10. The Bertz CT molecular complexity index is 544. The van der Waals surface area contributed by atoms with E-state index >= 15 is 0 Å². The number of aromatic nitrogens is 2. The number of nitrogens with two attached hydrogens (primary N) is 1. The van der Waals surface area contributed by atoms with E-state index in [4.69, 9.17) is 10.2 Å². The molecule has 0 spiro atoms. The Morgan fingerprint density at radius 2 is 2.28 bits per heavy atom. The largest absolute Gasteiger partial charge is 0.467 e. The Hall–Kier alpha value is -1.07. The summed E-state index contributed by atoms with van der Waals surface area (Å²) in [5.74, 6) is 0.848. The fourth-order valence-corrected chi connectivity index (χ4v) is 2.89. The van der Waals surface area contributed by atoms with Crippen LogP contribution in [0.25, 0.3) is 0 Å². The smallest absolute Gasteiger partial charge is 0.123 e. The summed E-state index contributed by atoms with van der Waals surface area (Å²) >= 11 is 3.60. The van der Waals surface area contributed by atoms with Crippen LogP contribution >= 0.6 is 15.9 Å². The van der Waals surface area contributed by atoms with Crippen molar-refractivity contribution in [3.63, 3.8) is 0 Å². The van der Waals surface area contributed by atoms with Crippen molar-refractivity contribution in [3.8, 4) is 0 Å². The van der Waals surface area contributed by atoms with Crippen LogP contribution in [0.15, 0.2) is 21.2 Å². The fourth-order valence-electron chi connectivity index (χ4n) is 2.11. The standard InChI is InChI=1S/C13H18BrN3O/c1-4-10-12(14)11(17(3)16-10)7-9(15)13-8(2)5-6-18-13/h5-6,9H,4,7,15H2,1-3H3. The number of nitrogens with zero attached hydrogens (tertiary/aromatic N) is 2. The summed E-state index contributed by atoms with van der Waals surface area (Å²) in [5.41, 5.74) is 9.47. The zero-order valence-corrected chi connectivity index (χ0v) is 12.5. The van der Waals surface area contributed by atoms with E-state index < -0.39 is 0 Å². The van der Waals surface area contributed by atoms with Crippen LogP contribution in [-0.2, 0) is 19.9 Å². The van der Waals surface area contributed by atoms with Gasteiger partial charge in [0.15, 0.2) is 0 Å². The highest BCUT2D eigenvalue weighted by Crippen LogP contribution is 2.27. The topological polar surface area (TPSA) is 57.0 Å². The van der Waals surface area contributed by atoms with Gasteiger partial charge in [0.05, 0.1) is 28.2 Å². The van der Waals surface area contributed by atoms with Crippen LogP contribution in [0, 0.1) is 6.92 Å². The van der Waals surface area contributed by atoms with E-state index in [1.54, 1.807) is 6.26 Å². The predicted octanol–water partition coefficient (Wildman–Crippen LogP) is 2.89. The van der Waals surface area contributed by atoms with Crippen LogP contribution in [0.5, 0.6) is 0 Å². The second-order valence-corrected chi connectivity index (χ2v) is 5.26. The molecule has 2 aromatic heterocycles. The highest BCUT2D eigenvalue weighted by Gasteiger charge is 2.19. The van der Waals surface area contributed by atoms with Crippen LogP contribution < -0.4 is 5.73 Å². The molecule has 98 valence electrons. The van der Waals surface area contributed by atoms with Gasteiger partial charge in [-0.2, -0.15) is 5.10 Å². The molecule has 0 aliphatic heterocycles. The van der Waals surface area contributed by atoms with Gasteiger partial charge in [0.2, 0.25) is 0 Å². The molecule has 0 aliphatic carbocycles. The van der Waals surface area contributed by atoms with Gasteiger partial charge >= 0.3 is 0 Å². The van der Waals surface area contributed by atoms with Gasteiger partial charge in [0.25, 0.3) is 0 Å². The molecule has 2 heterocycles. The van der Waals surface area contributed by atoms with Crippen molar-refractivity contribution in [1.82, 2.24) is 9.78 Å². The molecule has 18 heavy (non-hydrogen) atoms. The molecule has 0 fully saturated rings. The van der Waals surface area contributed by atoms with Crippen molar-refractivity contribution in [2.45, 2.75) is 32.7 Å². The average molecular weight is 312 g/mol. The normalized spacial score (nSPS) is 12.9. The van der Waals surface area contributed by atoms with Gasteiger partial charge in [0.1, 0.15) is 5.76 Å². The molecule has 0 aromatic carbocycles. The molecule has 0 radical (unpaired) electrons. The minimum absolute atomic E-state index is 0.142. The second kappa shape index (κ2) is 5.28. The van der Waals surface area contributed by atoms with Crippen LogP contribution in [-0.4, -0.2) is 9.78 Å². The molecule has 5 heteroatoms. The van der Waals surface area contributed by atoms with Gasteiger partial charge in [-0.3, -0.25) is 4.68 Å². The molecule has 0 aliphatic rings. The van der Waals surface area contributed by atoms with Crippen molar-refractivity contribution in [2.75, 3.05) is 0 Å². The van der Waals surface area contributed by atoms with Crippen LogP contribution in [0.2, 0.25) is 0 Å². The Balaban J connectivity index is 2.24. The molecular formula is C13H18BrN3O. The number of aryl methyl sites for hydroxylation is 3. The molecular weight excluding hydrogens is 294 g/mol. The van der Waals surface area contributed by atoms with E-state index in [1.807, 2.05) is 24.7 Å². The summed E-state index contributed by atoms with van der Waals surface area (Å²) in [6.45, 7) is 4.10. The number of hydrogen-bond donors (Lipinski definition) is 1. The summed E-state index contributed by atoms with van der Waals surface area (Å²) in [6.07, 6.45) is 3.29. The van der Waals surface area contributed by atoms with E-state index in [9.17, 15) is 0 Å². The molecule has 0 bridgehead atoms. The molecule has 1 unspecified atom stereocenters. The SMILES string of the molecule is CCc1nn(C)c(CC(N)c2occc2C)c1Br. The Kier molecular flexibility index (Phi) is 3.92. The Morgan fingerprint density at radius 1 is 1.56 bits per heavy atom. The quantitative estimate of drug-likeness (QED) is 0.944. The highest BCUT2D eigenvalue weighted by atomic mass is 79.9. The number of hydrogen-bond acceptors (Lipinski definition) is 3. The maximum atomic E-state index is 6.21. The van der Waals surface area contributed by atoms with Crippen LogP contribution in [0.1, 0.15) is 35.7 Å². The molecule has 2 aromatic rings. The zero-order valence-electron chi connectivity index (χ0n) is 10.9. The van der Waals surface area contributed by atoms with Crippen molar-refractivity contribution >= 4 is 15.9 Å². The number of halogens is 1. The third-order valence-electron chi connectivity index (χ3n) is 3.15. The van der Waals surface area contributed by atoms with Crippen molar-refractivity contribution in [2.24, 2.45) is 12.8 Å². The summed E-state index contributed by atoms with van der Waals surface area (Å²) in [5, 5.41) is 4.47. The monoisotopic (exact) mass is 311 g/mol. The van der Waals surface area contributed by atoms with Gasteiger partial charge < -0.3 is 10.2 Å². The molecule has 1 atom stereocenters. The van der Waals surface area contributed by atoms with E-state index in [-0.39, 0.29) is 6.04 Å². The predicted molar refractivity (Wildman–Crippen MR) is 74.4 cm³/mol. The van der Waals surface area contributed by atoms with Crippen molar-refractivity contribution in [1.29, 1.82) is 0 Å². The number of rotatable bonds is 4. The lowest BCUT2D eigenvalue weighted by molar-refractivity contribution is 0.456. The maximum absolute atomic E-state index is 6.21. The van der Waals surface area contributed by atoms with Crippen molar-refractivity contribution < 1.29 is 4.42 Å². The number of furan rings is 1. The lowest BCUT2D eigenvalue weighted by Crippen LogP contribution is -2.16. The van der Waals surface area contributed by atoms with E-state index in [0.717, 1.165) is 33.6 Å². The summed E-state index contributed by atoms with van der Waals surface area (Å²) in [6, 6.07) is 1.79. The highest BCUT2D eigenvalue weighted by molar-refractivity contribution is 9.10. The van der Waals surface area contributed by atoms with Gasteiger partial charge in [0, 0.05) is 13.5 Å². The van der Waals surface area contributed by atoms with Gasteiger partial charge in [-0.05, 0) is 40.9 Å². The fraction of sp³-hybridized carbons (Fsp3) is 0.462. The first-order valence-corrected chi connectivity index (χ1v) is 6.83. The van der Waals surface area contributed by atoms with Crippen LogP contribution in [0.3, 0.4) is 0 Å². The summed E-state index contributed by atoms with van der Waals surface area (Å²) in [7, 11) is 1.95. The Morgan fingerprint density at radius 3 is 2.78 bits per heavy atom. The average Bonchev–Trinajstić information content (AvgIpc) is 2.87. The first kappa shape index (κ1) is 13.4. The van der Waals surface area contributed by atoms with Gasteiger partial charge in [-0.15, -0.1) is 0 Å². The van der Waals surface area contributed by atoms with E-state index in [2.05, 4.69) is 28.0 Å². The summed E-state index contributed by atoms with van der Waals surface area (Å²) in [4.78, 5) is 0. The molecule has 0 saturated carbocycles. The Labute approximate surface area is 115 Å². The minimum Gasteiger partial charge on any atom is -0.467 e. The van der Waals surface area contributed by atoms with Crippen LogP contribution in [0.4, 0.5) is 0 Å². The summed E-state index contributed by atoms with van der Waals surface area (Å²) < 4.78 is 8.39. The third-order valence-corrected chi connectivity index (χ3v) is 4.07. The molecule has 0 amide bonds. The first-order valence-electron chi connectivity index (χ1n) is 6.04. The molecule has 0 saturated heterocycles. The first-order chi connectivity index (χ1) is 8.54. The lowest BCUT2D eigenvalue weighted by atomic mass is 10.1. The minimum atomic E-state index is -0.142. The van der Waals surface area contributed by atoms with Crippen molar-refractivity contribution in [3.05, 3.63) is 39.5 Å². The molecule has 2 rings (SSSR count). The van der Waals surface area contributed by atoms with E-state index in [1.165, 1.54) is 0 Å². The molecule has 2 N–H and O–H groups in total. The zero-order chi connectivity index (χ0) is 13.3. The third kappa shape index (κ3) is 2.37. The van der Waals surface area contributed by atoms with Gasteiger partial charge in [-0.25, -0.2) is 0 Å². The second-order valence-electron chi connectivity index (χ2n) is 4.46. The maximum Gasteiger partial charge on any atom is 0.123 e. The van der Waals surface area contributed by atoms with Gasteiger partial charge in [-0.1, -0.05) is 6.92 Å².